The number of fused-ring (bicyclic) bond motifs is 2. The van der Waals surface area contributed by atoms with Crippen LogP contribution in [0.15, 0.2) is 99.4 Å². The minimum absolute atomic E-state index is 0.150. The van der Waals surface area contributed by atoms with Crippen LogP contribution in [-0.2, 0) is 0 Å². The average Bonchev–Trinajstić information content (AvgIpc) is 3.47. The van der Waals surface area contributed by atoms with Crippen molar-refractivity contribution in [3.8, 4) is 34.7 Å². The zero-order valence-electron chi connectivity index (χ0n) is 23.0. The molecular formula is C31H23N5O7. The van der Waals surface area contributed by atoms with E-state index in [2.05, 4.69) is 10.1 Å². The van der Waals surface area contributed by atoms with Crippen LogP contribution in [0.5, 0.6) is 23.1 Å². The Hall–Kier alpha value is -6.04. The molecule has 0 atom stereocenters. The van der Waals surface area contributed by atoms with Gasteiger partial charge >= 0.3 is 0 Å². The molecule has 0 radical (unpaired) electrons. The highest BCUT2D eigenvalue weighted by Crippen LogP contribution is 2.34. The predicted octanol–water partition coefficient (Wildman–Crippen LogP) is 6.19. The lowest BCUT2D eigenvalue weighted by Gasteiger charge is -2.12. The fourth-order valence-corrected chi connectivity index (χ4v) is 4.45. The van der Waals surface area contributed by atoms with Crippen molar-refractivity contribution in [2.24, 2.45) is 5.10 Å². The van der Waals surface area contributed by atoms with Gasteiger partial charge in [-0.05, 0) is 61.0 Å². The van der Waals surface area contributed by atoms with Gasteiger partial charge in [0, 0.05) is 12.1 Å². The van der Waals surface area contributed by atoms with Crippen molar-refractivity contribution < 1.29 is 23.6 Å². The molecule has 0 saturated carbocycles. The molecule has 0 N–H and O–H groups in total. The van der Waals surface area contributed by atoms with Gasteiger partial charge in [-0.2, -0.15) is 9.78 Å². The third-order valence-corrected chi connectivity index (χ3v) is 6.45. The number of rotatable bonds is 9. The van der Waals surface area contributed by atoms with E-state index >= 15 is 0 Å². The van der Waals surface area contributed by atoms with Crippen LogP contribution < -0.4 is 19.8 Å². The lowest BCUT2D eigenvalue weighted by molar-refractivity contribution is -0.385. The van der Waals surface area contributed by atoms with Gasteiger partial charge in [0.05, 0.1) is 41.1 Å². The van der Waals surface area contributed by atoms with E-state index < -0.39 is 4.92 Å². The van der Waals surface area contributed by atoms with E-state index in [0.29, 0.717) is 51.7 Å². The summed E-state index contributed by atoms with van der Waals surface area (Å²) in [6, 6.07) is 22.0. The Morgan fingerprint density at radius 3 is 2.63 bits per heavy atom. The molecule has 0 fully saturated rings. The number of para-hydroxylation sites is 1. The summed E-state index contributed by atoms with van der Waals surface area (Å²) in [5.74, 6) is 2.08. The second-order valence-electron chi connectivity index (χ2n) is 9.15. The molecule has 6 rings (SSSR count). The molecule has 3 aromatic carbocycles. The van der Waals surface area contributed by atoms with Crippen LogP contribution in [0.3, 0.4) is 0 Å². The monoisotopic (exact) mass is 577 g/mol. The second-order valence-corrected chi connectivity index (χ2v) is 9.15. The predicted molar refractivity (Wildman–Crippen MR) is 159 cm³/mol. The van der Waals surface area contributed by atoms with E-state index in [1.807, 2.05) is 19.1 Å². The molecule has 12 nitrogen and oxygen atoms in total. The largest absolute Gasteiger partial charge is 0.496 e. The van der Waals surface area contributed by atoms with E-state index in [1.54, 1.807) is 61.7 Å². The van der Waals surface area contributed by atoms with Gasteiger partial charge in [-0.1, -0.05) is 18.2 Å². The Balaban J connectivity index is 1.40. The van der Waals surface area contributed by atoms with Crippen LogP contribution in [0.2, 0.25) is 0 Å². The fourth-order valence-electron chi connectivity index (χ4n) is 4.45. The third kappa shape index (κ3) is 5.36. The molecule has 43 heavy (non-hydrogen) atoms. The summed E-state index contributed by atoms with van der Waals surface area (Å²) in [6.45, 7) is 2.17. The fraction of sp³-hybridized carbons (Fsp3) is 0.0968. The smallest absolute Gasteiger partial charge is 0.287 e. The molecule has 3 heterocycles. The van der Waals surface area contributed by atoms with Crippen LogP contribution in [0.4, 0.5) is 5.69 Å². The molecule has 0 spiro atoms. The van der Waals surface area contributed by atoms with Crippen LogP contribution >= 0.6 is 0 Å². The van der Waals surface area contributed by atoms with E-state index in [0.717, 1.165) is 11.6 Å². The van der Waals surface area contributed by atoms with Crippen molar-refractivity contribution in [2.45, 2.75) is 6.92 Å². The summed E-state index contributed by atoms with van der Waals surface area (Å²) in [5, 5.41) is 16.6. The summed E-state index contributed by atoms with van der Waals surface area (Å²) < 4.78 is 24.3. The van der Waals surface area contributed by atoms with Crippen molar-refractivity contribution in [3.63, 3.8) is 0 Å². The molecule has 0 bridgehead atoms. The van der Waals surface area contributed by atoms with E-state index in [4.69, 9.17) is 23.6 Å². The highest BCUT2D eigenvalue weighted by molar-refractivity contribution is 5.88. The van der Waals surface area contributed by atoms with Crippen LogP contribution in [-0.4, -0.2) is 39.5 Å². The molecule has 214 valence electrons. The van der Waals surface area contributed by atoms with E-state index in [1.165, 1.54) is 23.0 Å². The maximum atomic E-state index is 13.6. The Morgan fingerprint density at radius 1 is 1.00 bits per heavy atom. The first-order chi connectivity index (χ1) is 20.9. The molecule has 0 aliphatic rings. The van der Waals surface area contributed by atoms with Gasteiger partial charge in [0.2, 0.25) is 11.7 Å². The summed E-state index contributed by atoms with van der Waals surface area (Å²) in [5.41, 5.74) is 1.15. The minimum atomic E-state index is -0.538. The topological polar surface area (TPSA) is 144 Å². The standard InChI is InChI=1S/C31H23N5O7/c1-3-41-27-15-19(11-13-26(27)43-29-14-12-20(18-32-29)36(38)39)17-33-35-30(34-23-8-5-4-7-21(23)31(35)37)28-16-22-24(40-2)9-6-10-25(22)42-28/h4-18H,3H2,1-2H3. The first kappa shape index (κ1) is 27.1. The summed E-state index contributed by atoms with van der Waals surface area (Å²) >= 11 is 0. The summed E-state index contributed by atoms with van der Waals surface area (Å²) in [4.78, 5) is 32.7. The van der Waals surface area contributed by atoms with Gasteiger partial charge in [0.1, 0.15) is 17.5 Å². The van der Waals surface area contributed by atoms with Gasteiger partial charge in [-0.3, -0.25) is 14.9 Å². The van der Waals surface area contributed by atoms with Gasteiger partial charge < -0.3 is 18.6 Å². The third-order valence-electron chi connectivity index (χ3n) is 6.45. The lowest BCUT2D eigenvalue weighted by Crippen LogP contribution is -2.20. The quantitative estimate of drug-likeness (QED) is 0.111. The number of ether oxygens (including phenoxy) is 3. The maximum absolute atomic E-state index is 13.6. The molecule has 6 aromatic rings. The molecule has 3 aromatic heterocycles. The lowest BCUT2D eigenvalue weighted by atomic mass is 10.2. The SMILES string of the molecule is CCOc1cc(C=Nn2c(-c3cc4c(OC)cccc4o3)nc3ccccc3c2=O)ccc1Oc1ccc([N+](=O)[O-])cn1. The van der Waals surface area contributed by atoms with Gasteiger partial charge in [-0.25, -0.2) is 9.97 Å². The highest BCUT2D eigenvalue weighted by atomic mass is 16.6. The van der Waals surface area contributed by atoms with Crippen LogP contribution in [0, 0.1) is 10.1 Å². The molecule has 0 amide bonds. The zero-order chi connectivity index (χ0) is 29.9. The van der Waals surface area contributed by atoms with Crippen LogP contribution in [0.25, 0.3) is 33.5 Å². The number of methoxy groups -OCH3 is 1. The van der Waals surface area contributed by atoms with Gasteiger partial charge in [-0.15, -0.1) is 0 Å². The number of nitrogens with zero attached hydrogens (tertiary/aromatic N) is 5. The van der Waals surface area contributed by atoms with Crippen molar-refractivity contribution in [3.05, 3.63) is 111 Å². The minimum Gasteiger partial charge on any atom is -0.496 e. The van der Waals surface area contributed by atoms with Gasteiger partial charge in [0.25, 0.3) is 11.2 Å². The van der Waals surface area contributed by atoms with Crippen molar-refractivity contribution in [1.29, 1.82) is 0 Å². The normalized spacial score (nSPS) is 11.3. The molecule has 0 saturated heterocycles. The number of nitro groups is 1. The average molecular weight is 578 g/mol. The number of furan rings is 1. The molecule has 0 aliphatic heterocycles. The van der Waals surface area contributed by atoms with Gasteiger partial charge in [0.15, 0.2) is 17.3 Å². The van der Waals surface area contributed by atoms with E-state index in [-0.39, 0.29) is 23.0 Å². The number of pyridine rings is 1. The maximum Gasteiger partial charge on any atom is 0.287 e. The molecule has 0 unspecified atom stereocenters. The zero-order valence-corrected chi connectivity index (χ0v) is 23.0. The number of aromatic nitrogens is 3. The Morgan fingerprint density at radius 2 is 1.86 bits per heavy atom. The highest BCUT2D eigenvalue weighted by Gasteiger charge is 2.18. The number of benzene rings is 3. The first-order valence-corrected chi connectivity index (χ1v) is 13.1. The van der Waals surface area contributed by atoms with Crippen molar-refractivity contribution in [2.75, 3.05) is 13.7 Å². The Kier molecular flexibility index (Phi) is 7.23. The number of hydrogen-bond acceptors (Lipinski definition) is 10. The van der Waals surface area contributed by atoms with Crippen LogP contribution in [0.1, 0.15) is 12.5 Å². The molecule has 12 heteroatoms. The molecular weight excluding hydrogens is 554 g/mol. The first-order valence-electron chi connectivity index (χ1n) is 13.1. The number of hydrogen-bond donors (Lipinski definition) is 0. The van der Waals surface area contributed by atoms with Crippen molar-refractivity contribution in [1.82, 2.24) is 14.6 Å². The Bertz CT molecular complexity index is 2070. The Labute approximate surface area is 243 Å². The van der Waals surface area contributed by atoms with Crippen molar-refractivity contribution >= 4 is 33.8 Å². The molecule has 0 aliphatic carbocycles. The van der Waals surface area contributed by atoms with E-state index in [9.17, 15) is 14.9 Å². The summed E-state index contributed by atoms with van der Waals surface area (Å²) in [7, 11) is 1.57. The second kappa shape index (κ2) is 11.4. The summed E-state index contributed by atoms with van der Waals surface area (Å²) in [6.07, 6.45) is 2.61.